The van der Waals surface area contributed by atoms with Crippen molar-refractivity contribution in [2.75, 3.05) is 13.1 Å². The third-order valence-electron chi connectivity index (χ3n) is 20.5. The van der Waals surface area contributed by atoms with Gasteiger partial charge in [0.05, 0.1) is 28.5 Å². The molecule has 10 aliphatic carbocycles. The van der Waals surface area contributed by atoms with Crippen LogP contribution in [0.1, 0.15) is 140 Å². The number of nitrogens with zero attached hydrogens (tertiary/aromatic N) is 1. The van der Waals surface area contributed by atoms with E-state index in [1.807, 2.05) is 37.8 Å². The van der Waals surface area contributed by atoms with Crippen LogP contribution < -0.4 is 0 Å². The third kappa shape index (κ3) is 4.21. The molecule has 2 spiro atoms. The minimum Gasteiger partial charge on any atom is -0.448 e. The van der Waals surface area contributed by atoms with Crippen molar-refractivity contribution in [2.45, 2.75) is 150 Å². The number of ketones is 1. The van der Waals surface area contributed by atoms with Crippen LogP contribution in [-0.2, 0) is 14.3 Å². The van der Waals surface area contributed by atoms with Gasteiger partial charge in [0.2, 0.25) is 0 Å². The van der Waals surface area contributed by atoms with E-state index in [4.69, 9.17) is 4.74 Å². The number of aliphatic hydroxyl groups excluding tert-OH is 1. The first-order chi connectivity index (χ1) is 26.1. The van der Waals surface area contributed by atoms with Gasteiger partial charge in [-0.2, -0.15) is 0 Å². The second-order valence-corrected chi connectivity index (χ2v) is 23.9. The van der Waals surface area contributed by atoms with Crippen LogP contribution in [0.5, 0.6) is 0 Å². The van der Waals surface area contributed by atoms with Gasteiger partial charge >= 0.3 is 5.97 Å². The van der Waals surface area contributed by atoms with Crippen molar-refractivity contribution in [1.82, 2.24) is 4.90 Å². The molecule has 8 fully saturated rings. The predicted molar refractivity (Wildman–Crippen MR) is 217 cm³/mol. The summed E-state index contributed by atoms with van der Waals surface area (Å²) in [6.07, 6.45) is 16.6. The Labute approximate surface area is 338 Å². The van der Waals surface area contributed by atoms with Crippen molar-refractivity contribution < 1.29 is 29.3 Å². The van der Waals surface area contributed by atoms with Crippen LogP contribution in [0.25, 0.3) is 0 Å². The number of ether oxygens (including phenoxy) is 1. The Hall–Kier alpha value is -2.29. The number of carbonyl (C=O) groups excluding carboxylic acids is 3. The van der Waals surface area contributed by atoms with E-state index in [0.717, 1.165) is 59.8 Å². The summed E-state index contributed by atoms with van der Waals surface area (Å²) in [5.74, 6) is 1.53. The maximum Gasteiger partial charge on any atom is 0.313 e. The maximum atomic E-state index is 15.5. The number of rotatable bonds is 7. The Balaban J connectivity index is 1.05. The summed E-state index contributed by atoms with van der Waals surface area (Å²) in [6.45, 7) is 18.4. The lowest BCUT2D eigenvalue weighted by molar-refractivity contribution is -0.190. The fraction of sp³-hybridized carbons (Fsp3) is 0.771. The average Bonchev–Trinajstić information content (AvgIpc) is 3.80. The molecule has 2 heterocycles. The van der Waals surface area contributed by atoms with Gasteiger partial charge in [0, 0.05) is 38.7 Å². The van der Waals surface area contributed by atoms with Crippen molar-refractivity contribution in [3.63, 3.8) is 0 Å². The molecule has 13 atom stereocenters. The van der Waals surface area contributed by atoms with E-state index in [1.54, 1.807) is 11.3 Å². The molecule has 7 saturated carbocycles. The highest BCUT2D eigenvalue weighted by Crippen LogP contribution is 2.79. The lowest BCUT2D eigenvalue weighted by Gasteiger charge is -2.71. The normalized spacial score (nSPS) is 49.7. The minimum atomic E-state index is -1.24. The van der Waals surface area contributed by atoms with E-state index in [2.05, 4.69) is 52.8 Å². The maximum absolute atomic E-state index is 15.5. The molecular weight excluding hydrogens is 719 g/mol. The van der Waals surface area contributed by atoms with Gasteiger partial charge in [-0.1, -0.05) is 59.8 Å². The molecule has 12 rings (SSSR count). The topological polar surface area (TPSA) is 104 Å². The molecular formula is C48H65NO6S. The Morgan fingerprint density at radius 2 is 1.61 bits per heavy atom. The Bertz CT molecular complexity index is 1990. The van der Waals surface area contributed by atoms with Gasteiger partial charge in [-0.05, 0) is 143 Å². The van der Waals surface area contributed by atoms with Gasteiger partial charge < -0.3 is 19.8 Å². The first kappa shape index (κ1) is 37.9. The number of carbonyl (C=O) groups is 3. The summed E-state index contributed by atoms with van der Waals surface area (Å²) in [5, 5.41) is 24.7. The molecule has 6 bridgehead atoms. The lowest BCUT2D eigenvalue weighted by atomic mass is 9.32. The predicted octanol–water partition coefficient (Wildman–Crippen LogP) is 8.85. The molecule has 8 heteroatoms. The van der Waals surface area contributed by atoms with Crippen molar-refractivity contribution >= 4 is 29.0 Å². The molecule has 1 aliphatic heterocycles. The van der Waals surface area contributed by atoms with E-state index < -0.39 is 39.0 Å². The second-order valence-electron chi connectivity index (χ2n) is 22.6. The van der Waals surface area contributed by atoms with Crippen LogP contribution in [-0.4, -0.2) is 63.2 Å². The number of aliphatic hydroxyl groups is 2. The number of hydrogen-bond acceptors (Lipinski definition) is 7. The summed E-state index contributed by atoms with van der Waals surface area (Å²) in [7, 11) is 0. The second kappa shape index (κ2) is 11.3. The fourth-order valence-electron chi connectivity index (χ4n) is 16.3. The van der Waals surface area contributed by atoms with Gasteiger partial charge in [0.1, 0.15) is 0 Å². The summed E-state index contributed by atoms with van der Waals surface area (Å²) >= 11 is 1.56. The van der Waals surface area contributed by atoms with Crippen LogP contribution in [0.2, 0.25) is 0 Å². The van der Waals surface area contributed by atoms with Crippen LogP contribution in [0.4, 0.5) is 0 Å². The SMILES string of the molecule is Cc1ccc(C(=O)C2=C[C@@]34C=C[C@@]25[C@@H]2CC[C@@](O)(CN(C[C@@H]6CC[C@H]7C[C@@H]6C7(C)C)C(=O)[C@@]67CC[C@@](C)(C(=O)O6)C7(C)C)[C@@]2(C)CC[C@@H]5[C@@]3(C)CCC(O)C4)s1. The summed E-state index contributed by atoms with van der Waals surface area (Å²) in [6, 6.07) is 4.01. The van der Waals surface area contributed by atoms with Gasteiger partial charge in [-0.15, -0.1) is 11.3 Å². The zero-order valence-corrected chi connectivity index (χ0v) is 35.9. The van der Waals surface area contributed by atoms with Crippen molar-refractivity contribution in [3.8, 4) is 0 Å². The van der Waals surface area contributed by atoms with E-state index in [0.29, 0.717) is 44.1 Å². The molecule has 1 amide bonds. The van der Waals surface area contributed by atoms with Gasteiger partial charge in [-0.3, -0.25) is 14.4 Å². The molecule has 56 heavy (non-hydrogen) atoms. The Kier molecular flexibility index (Phi) is 7.65. The Morgan fingerprint density at radius 1 is 0.893 bits per heavy atom. The zero-order valence-electron chi connectivity index (χ0n) is 35.1. The monoisotopic (exact) mass is 783 g/mol. The van der Waals surface area contributed by atoms with Crippen LogP contribution in [0, 0.1) is 74.4 Å². The number of fused-ring (bicyclic) bond motifs is 5. The van der Waals surface area contributed by atoms with Crippen LogP contribution in [0.15, 0.2) is 35.9 Å². The number of Topliss-reactive ketones (excluding diaryl/α,β-unsaturated/α-hetero) is 1. The molecule has 0 radical (unpaired) electrons. The number of hydrogen-bond donors (Lipinski definition) is 2. The number of allylic oxidation sites excluding steroid dienone is 4. The minimum absolute atomic E-state index is 0.000116. The van der Waals surface area contributed by atoms with Crippen molar-refractivity contribution in [3.05, 3.63) is 45.7 Å². The molecule has 1 unspecified atom stereocenters. The van der Waals surface area contributed by atoms with Crippen molar-refractivity contribution in [1.29, 1.82) is 0 Å². The number of aryl methyl sites for hydroxylation is 1. The number of thiophene rings is 1. The van der Waals surface area contributed by atoms with Gasteiger partial charge in [-0.25, -0.2) is 0 Å². The van der Waals surface area contributed by atoms with E-state index >= 15 is 4.79 Å². The van der Waals surface area contributed by atoms with Gasteiger partial charge in [0.15, 0.2) is 11.4 Å². The smallest absolute Gasteiger partial charge is 0.313 e. The molecule has 11 aliphatic rings. The number of esters is 1. The molecule has 1 aromatic heterocycles. The highest BCUT2D eigenvalue weighted by atomic mass is 32.1. The molecule has 1 saturated heterocycles. The lowest BCUT2D eigenvalue weighted by Crippen LogP contribution is -2.68. The first-order valence-corrected chi connectivity index (χ1v) is 22.9. The number of amides is 1. The molecule has 304 valence electrons. The molecule has 1 aromatic rings. The molecule has 0 aromatic carbocycles. The summed E-state index contributed by atoms with van der Waals surface area (Å²) < 4.78 is 6.28. The van der Waals surface area contributed by atoms with Gasteiger partial charge in [0.25, 0.3) is 5.91 Å². The average molecular weight is 784 g/mol. The standard InChI is InChI=1S/C48H65NO6S/c1-28-9-12-34(56-28)37(51)33-25-45-20-21-47(33)35(42(45,6)16-13-31(50)24-45)14-17-43(7)36(47)15-18-46(43,54)27-49(26-29-10-11-30-23-32(29)40(30,2)3)38(52)48-22-19-44(8,39(53)55-48)41(48,4)5/h9,12,20-21,25,29-32,35-36,50,54H,10-11,13-19,22-24,26-27H2,1-8H3/t29-,30-,31?,32-,35+,36+,42+,43-,44-,45-,46+,47+,48+/m0/s1. The summed E-state index contributed by atoms with van der Waals surface area (Å²) in [5.41, 5.74) is -4.32. The van der Waals surface area contributed by atoms with Crippen LogP contribution in [0.3, 0.4) is 0 Å². The van der Waals surface area contributed by atoms with E-state index in [-0.39, 0.29) is 52.3 Å². The largest absolute Gasteiger partial charge is 0.448 e. The quantitative estimate of drug-likeness (QED) is 0.163. The highest BCUT2D eigenvalue weighted by Gasteiger charge is 2.78. The first-order valence-electron chi connectivity index (χ1n) is 22.1. The zero-order chi connectivity index (χ0) is 39.9. The fourth-order valence-corrected chi connectivity index (χ4v) is 17.1. The molecule has 2 N–H and O–H groups in total. The van der Waals surface area contributed by atoms with E-state index in [9.17, 15) is 19.8 Å². The van der Waals surface area contributed by atoms with Crippen molar-refractivity contribution in [2.24, 2.45) is 67.5 Å². The Morgan fingerprint density at radius 3 is 2.25 bits per heavy atom. The third-order valence-corrected chi connectivity index (χ3v) is 21.5. The molecule has 7 nitrogen and oxygen atoms in total. The summed E-state index contributed by atoms with van der Waals surface area (Å²) in [4.78, 5) is 47.9. The highest BCUT2D eigenvalue weighted by molar-refractivity contribution is 7.14. The van der Waals surface area contributed by atoms with Crippen LogP contribution >= 0.6 is 11.3 Å². The van der Waals surface area contributed by atoms with E-state index in [1.165, 1.54) is 12.8 Å².